The van der Waals surface area contributed by atoms with Crippen molar-refractivity contribution in [3.05, 3.63) is 66.2 Å². The fourth-order valence-electron chi connectivity index (χ4n) is 3.41. The van der Waals surface area contributed by atoms with Gasteiger partial charge in [-0.15, -0.1) is 0 Å². The smallest absolute Gasteiger partial charge is 0.317 e. The maximum absolute atomic E-state index is 12.5. The van der Waals surface area contributed by atoms with Gasteiger partial charge in [-0.2, -0.15) is 0 Å². The predicted octanol–water partition coefficient (Wildman–Crippen LogP) is 3.43. The Morgan fingerprint density at radius 2 is 1.64 bits per heavy atom. The molecule has 2 aromatic carbocycles. The van der Waals surface area contributed by atoms with Gasteiger partial charge in [0.1, 0.15) is 0 Å². The van der Waals surface area contributed by atoms with Crippen molar-refractivity contribution in [2.75, 3.05) is 32.1 Å². The summed E-state index contributed by atoms with van der Waals surface area (Å²) in [5, 5.41) is 5.89. The van der Waals surface area contributed by atoms with E-state index in [0.717, 1.165) is 11.3 Å². The lowest BCUT2D eigenvalue weighted by Crippen LogP contribution is -2.47. The molecule has 0 spiro atoms. The summed E-state index contributed by atoms with van der Waals surface area (Å²) in [5.41, 5.74) is 1.83. The molecule has 0 aromatic heterocycles. The van der Waals surface area contributed by atoms with E-state index in [1.165, 1.54) is 0 Å². The van der Waals surface area contributed by atoms with Gasteiger partial charge in [0.25, 0.3) is 0 Å². The molecule has 1 aliphatic rings. The number of piperidine rings is 1. The summed E-state index contributed by atoms with van der Waals surface area (Å²) in [5.74, 6) is -0.0462. The van der Waals surface area contributed by atoms with Crippen molar-refractivity contribution in [3.63, 3.8) is 0 Å². The Morgan fingerprint density at radius 1 is 1.04 bits per heavy atom. The van der Waals surface area contributed by atoms with E-state index >= 15 is 0 Å². The molecule has 1 fully saturated rings. The maximum atomic E-state index is 12.5. The molecule has 2 aromatic rings. The number of urea groups is 1. The van der Waals surface area contributed by atoms with Crippen LogP contribution in [0, 0.1) is 5.92 Å². The fraction of sp³-hybridized carbons (Fsp3) is 0.364. The van der Waals surface area contributed by atoms with Gasteiger partial charge in [0, 0.05) is 38.3 Å². The zero-order chi connectivity index (χ0) is 19.8. The van der Waals surface area contributed by atoms with E-state index in [-0.39, 0.29) is 24.0 Å². The molecule has 1 unspecified atom stereocenters. The molecule has 3 amide bonds. The minimum Gasteiger partial charge on any atom is -0.375 e. The number of likely N-dealkylation sites (tertiary alicyclic amines) is 1. The number of carbonyl (C=O) groups is 2. The Kier molecular flexibility index (Phi) is 7.03. The minimum atomic E-state index is -0.181. The lowest BCUT2D eigenvalue weighted by atomic mass is 9.96. The lowest BCUT2D eigenvalue weighted by molar-refractivity contribution is -0.121. The van der Waals surface area contributed by atoms with Crippen LogP contribution in [-0.2, 0) is 9.53 Å². The molecule has 1 heterocycles. The van der Waals surface area contributed by atoms with E-state index in [1.807, 2.05) is 60.7 Å². The average Bonchev–Trinajstić information content (AvgIpc) is 2.75. The van der Waals surface area contributed by atoms with Crippen LogP contribution in [0.5, 0.6) is 0 Å². The molecule has 1 saturated heterocycles. The van der Waals surface area contributed by atoms with Crippen LogP contribution in [0.15, 0.2) is 60.7 Å². The Hall–Kier alpha value is -2.86. The second kappa shape index (κ2) is 9.90. The standard InChI is InChI=1S/C22H27N3O3/c1-28-20(17-8-4-2-5-9-17)16-23-22(27)25-14-12-18(13-15-25)21(26)24-19-10-6-3-7-11-19/h2-11,18,20H,12-16H2,1H3,(H,23,27)(H,24,26). The van der Waals surface area contributed by atoms with E-state index in [2.05, 4.69) is 10.6 Å². The minimum absolute atomic E-state index is 0.0229. The second-order valence-electron chi connectivity index (χ2n) is 6.94. The summed E-state index contributed by atoms with van der Waals surface area (Å²) in [7, 11) is 1.64. The quantitative estimate of drug-likeness (QED) is 0.805. The third-order valence-electron chi connectivity index (χ3n) is 5.09. The molecule has 1 aliphatic heterocycles. The summed E-state index contributed by atoms with van der Waals surface area (Å²) < 4.78 is 5.49. The number of nitrogens with one attached hydrogen (secondary N) is 2. The number of carbonyl (C=O) groups excluding carboxylic acids is 2. The van der Waals surface area contributed by atoms with Gasteiger partial charge in [-0.05, 0) is 30.5 Å². The number of ether oxygens (including phenoxy) is 1. The van der Waals surface area contributed by atoms with Crippen molar-refractivity contribution in [3.8, 4) is 0 Å². The zero-order valence-electron chi connectivity index (χ0n) is 16.1. The van der Waals surface area contributed by atoms with Gasteiger partial charge >= 0.3 is 6.03 Å². The average molecular weight is 381 g/mol. The predicted molar refractivity (Wildman–Crippen MR) is 109 cm³/mol. The highest BCUT2D eigenvalue weighted by Crippen LogP contribution is 2.20. The molecule has 28 heavy (non-hydrogen) atoms. The number of amides is 3. The molecule has 1 atom stereocenters. The molecule has 148 valence electrons. The molecule has 0 saturated carbocycles. The SMILES string of the molecule is COC(CNC(=O)N1CCC(C(=O)Nc2ccccc2)CC1)c1ccccc1. The first-order chi connectivity index (χ1) is 13.7. The molecule has 0 aliphatic carbocycles. The van der Waals surface area contributed by atoms with Gasteiger partial charge in [-0.3, -0.25) is 4.79 Å². The van der Waals surface area contributed by atoms with Gasteiger partial charge in [0.15, 0.2) is 0 Å². The first kappa shape index (κ1) is 19.9. The Balaban J connectivity index is 1.44. The Bertz CT molecular complexity index is 759. The van der Waals surface area contributed by atoms with Crippen molar-refractivity contribution < 1.29 is 14.3 Å². The van der Waals surface area contributed by atoms with Crippen LogP contribution < -0.4 is 10.6 Å². The van der Waals surface area contributed by atoms with Crippen LogP contribution >= 0.6 is 0 Å². The first-order valence-electron chi connectivity index (χ1n) is 9.64. The summed E-state index contributed by atoms with van der Waals surface area (Å²) in [6, 6.07) is 19.2. The number of nitrogens with zero attached hydrogens (tertiary/aromatic N) is 1. The molecule has 2 N–H and O–H groups in total. The van der Waals surface area contributed by atoms with Crippen LogP contribution in [0.3, 0.4) is 0 Å². The van der Waals surface area contributed by atoms with Crippen LogP contribution in [0.25, 0.3) is 0 Å². The highest BCUT2D eigenvalue weighted by Gasteiger charge is 2.27. The van der Waals surface area contributed by atoms with Crippen LogP contribution in [-0.4, -0.2) is 43.6 Å². The number of para-hydroxylation sites is 1. The monoisotopic (exact) mass is 381 g/mol. The Labute approximate surface area is 165 Å². The van der Waals surface area contributed by atoms with Crippen LogP contribution in [0.4, 0.5) is 10.5 Å². The number of methoxy groups -OCH3 is 1. The second-order valence-corrected chi connectivity index (χ2v) is 6.94. The van der Waals surface area contributed by atoms with E-state index < -0.39 is 0 Å². The third-order valence-corrected chi connectivity index (χ3v) is 5.09. The summed E-state index contributed by atoms with van der Waals surface area (Å²) >= 11 is 0. The number of hydrogen-bond acceptors (Lipinski definition) is 3. The summed E-state index contributed by atoms with van der Waals surface area (Å²) in [6.07, 6.45) is 1.15. The summed E-state index contributed by atoms with van der Waals surface area (Å²) in [6.45, 7) is 1.55. The maximum Gasteiger partial charge on any atom is 0.317 e. The van der Waals surface area contributed by atoms with E-state index in [1.54, 1.807) is 12.0 Å². The third kappa shape index (κ3) is 5.33. The molecule has 6 nitrogen and oxygen atoms in total. The molecule has 0 radical (unpaired) electrons. The van der Waals surface area contributed by atoms with Gasteiger partial charge in [0.2, 0.25) is 5.91 Å². The van der Waals surface area contributed by atoms with Crippen LogP contribution in [0.1, 0.15) is 24.5 Å². The lowest BCUT2D eigenvalue weighted by Gasteiger charge is -2.31. The zero-order valence-corrected chi connectivity index (χ0v) is 16.1. The van der Waals surface area contributed by atoms with Gasteiger partial charge in [-0.25, -0.2) is 4.79 Å². The normalized spacial score (nSPS) is 15.7. The van der Waals surface area contributed by atoms with Crippen molar-refractivity contribution in [1.29, 1.82) is 0 Å². The molecule has 6 heteroatoms. The molecular weight excluding hydrogens is 354 g/mol. The van der Waals surface area contributed by atoms with E-state index in [0.29, 0.717) is 32.5 Å². The molecule has 0 bridgehead atoms. The van der Waals surface area contributed by atoms with Gasteiger partial charge in [0.05, 0.1) is 6.10 Å². The number of hydrogen-bond donors (Lipinski definition) is 2. The number of anilines is 1. The van der Waals surface area contributed by atoms with Crippen molar-refractivity contribution in [2.45, 2.75) is 18.9 Å². The van der Waals surface area contributed by atoms with Crippen molar-refractivity contribution in [2.24, 2.45) is 5.92 Å². The first-order valence-corrected chi connectivity index (χ1v) is 9.64. The molecular formula is C22H27N3O3. The summed E-state index contributed by atoms with van der Waals surface area (Å²) in [4.78, 5) is 26.7. The van der Waals surface area contributed by atoms with Crippen LogP contribution in [0.2, 0.25) is 0 Å². The highest BCUT2D eigenvalue weighted by atomic mass is 16.5. The topological polar surface area (TPSA) is 70.7 Å². The van der Waals surface area contributed by atoms with E-state index in [9.17, 15) is 9.59 Å². The number of rotatable bonds is 6. The van der Waals surface area contributed by atoms with Gasteiger partial charge in [-0.1, -0.05) is 48.5 Å². The van der Waals surface area contributed by atoms with Crippen molar-refractivity contribution >= 4 is 17.6 Å². The van der Waals surface area contributed by atoms with Gasteiger partial charge < -0.3 is 20.3 Å². The highest BCUT2D eigenvalue weighted by molar-refractivity contribution is 5.92. The Morgan fingerprint density at radius 3 is 2.25 bits per heavy atom. The largest absolute Gasteiger partial charge is 0.375 e. The molecule has 3 rings (SSSR count). The fourth-order valence-corrected chi connectivity index (χ4v) is 3.41. The number of benzene rings is 2. The van der Waals surface area contributed by atoms with E-state index in [4.69, 9.17) is 4.74 Å². The van der Waals surface area contributed by atoms with Crippen molar-refractivity contribution in [1.82, 2.24) is 10.2 Å².